The number of carbonyl (C=O) groups excluding carboxylic acids is 2. The Labute approximate surface area is 155 Å². The van der Waals surface area contributed by atoms with Crippen molar-refractivity contribution in [3.63, 3.8) is 0 Å². The summed E-state index contributed by atoms with van der Waals surface area (Å²) in [6.45, 7) is 11.3. The van der Waals surface area contributed by atoms with Crippen molar-refractivity contribution >= 4 is 12.0 Å². The van der Waals surface area contributed by atoms with Crippen molar-refractivity contribution in [2.45, 2.75) is 65.1 Å². The molecule has 1 aliphatic rings. The fourth-order valence-corrected chi connectivity index (χ4v) is 3.00. The van der Waals surface area contributed by atoms with E-state index in [0.717, 1.165) is 37.5 Å². The monoisotopic (exact) mass is 365 g/mol. The van der Waals surface area contributed by atoms with E-state index in [2.05, 4.69) is 15.5 Å². The van der Waals surface area contributed by atoms with E-state index < -0.39 is 17.7 Å². The number of nitrogens with zero attached hydrogens (tertiary/aromatic N) is 1. The summed E-state index contributed by atoms with van der Waals surface area (Å²) in [6.07, 6.45) is 1.71. The van der Waals surface area contributed by atoms with Crippen molar-refractivity contribution in [3.05, 3.63) is 23.7 Å². The molecule has 0 aliphatic carbocycles. The Bertz CT molecular complexity index is 615. The third-order valence-electron chi connectivity index (χ3n) is 4.27. The highest BCUT2D eigenvalue weighted by Crippen LogP contribution is 2.26. The van der Waals surface area contributed by atoms with Gasteiger partial charge in [-0.05, 0) is 72.7 Å². The number of rotatable bonds is 6. The fraction of sp³-hybridized carbons (Fsp3) is 0.684. The normalized spacial score (nSPS) is 17.6. The SMILES string of the molecule is Cc1ccc(C(CNC(=O)[C@@H](C)NC(=O)OC(C)(C)C)N2CCCC2)o1. The number of hydrogen-bond donors (Lipinski definition) is 2. The zero-order chi connectivity index (χ0) is 19.3. The zero-order valence-electron chi connectivity index (χ0n) is 16.4. The van der Waals surface area contributed by atoms with Crippen LogP contribution in [0, 0.1) is 6.92 Å². The fourth-order valence-electron chi connectivity index (χ4n) is 3.00. The van der Waals surface area contributed by atoms with Crippen molar-refractivity contribution in [3.8, 4) is 0 Å². The van der Waals surface area contributed by atoms with Gasteiger partial charge in [-0.3, -0.25) is 9.69 Å². The topological polar surface area (TPSA) is 83.8 Å². The molecule has 26 heavy (non-hydrogen) atoms. The van der Waals surface area contributed by atoms with Gasteiger partial charge < -0.3 is 19.8 Å². The smallest absolute Gasteiger partial charge is 0.408 e. The Morgan fingerprint density at radius 2 is 1.92 bits per heavy atom. The zero-order valence-corrected chi connectivity index (χ0v) is 16.4. The molecular formula is C19H31N3O4. The molecule has 7 heteroatoms. The summed E-state index contributed by atoms with van der Waals surface area (Å²) >= 11 is 0. The van der Waals surface area contributed by atoms with Gasteiger partial charge in [0.15, 0.2) is 0 Å². The van der Waals surface area contributed by atoms with Crippen molar-refractivity contribution in [1.82, 2.24) is 15.5 Å². The highest BCUT2D eigenvalue weighted by Gasteiger charge is 2.27. The number of furan rings is 1. The molecule has 1 saturated heterocycles. The largest absolute Gasteiger partial charge is 0.465 e. The number of aryl methyl sites for hydroxylation is 1. The lowest BCUT2D eigenvalue weighted by Gasteiger charge is -2.27. The minimum absolute atomic E-state index is 0.00359. The van der Waals surface area contributed by atoms with Crippen LogP contribution in [0.1, 0.15) is 58.1 Å². The summed E-state index contributed by atoms with van der Waals surface area (Å²) in [6, 6.07) is 3.23. The number of nitrogens with one attached hydrogen (secondary N) is 2. The molecule has 2 atom stereocenters. The summed E-state index contributed by atoms with van der Waals surface area (Å²) in [7, 11) is 0. The first kappa shape index (κ1) is 20.3. The van der Waals surface area contributed by atoms with Crippen LogP contribution >= 0.6 is 0 Å². The molecule has 1 aromatic rings. The average molecular weight is 365 g/mol. The maximum Gasteiger partial charge on any atom is 0.408 e. The first-order valence-electron chi connectivity index (χ1n) is 9.23. The predicted molar refractivity (Wildman–Crippen MR) is 98.8 cm³/mol. The standard InChI is InChI=1S/C19H31N3O4/c1-13-8-9-16(25-13)15(22-10-6-7-11-22)12-20-17(23)14(2)21-18(24)26-19(3,4)5/h8-9,14-15H,6-7,10-12H2,1-5H3,(H,20,23)(H,21,24)/t14-,15?/m1/s1. The van der Waals surface area contributed by atoms with Crippen LogP contribution in [0.15, 0.2) is 16.5 Å². The van der Waals surface area contributed by atoms with E-state index in [-0.39, 0.29) is 11.9 Å². The summed E-state index contributed by atoms with van der Waals surface area (Å²) in [5.74, 6) is 1.47. The first-order valence-corrected chi connectivity index (χ1v) is 9.23. The minimum Gasteiger partial charge on any atom is -0.465 e. The molecule has 1 unspecified atom stereocenters. The van der Waals surface area contributed by atoms with Gasteiger partial charge in [0, 0.05) is 6.54 Å². The van der Waals surface area contributed by atoms with Crippen LogP contribution in [0.2, 0.25) is 0 Å². The number of alkyl carbamates (subject to hydrolysis) is 1. The molecule has 0 spiro atoms. The van der Waals surface area contributed by atoms with Gasteiger partial charge in [0.25, 0.3) is 0 Å². The first-order chi connectivity index (χ1) is 12.2. The van der Waals surface area contributed by atoms with Crippen LogP contribution in [0.5, 0.6) is 0 Å². The van der Waals surface area contributed by atoms with Gasteiger partial charge in [-0.15, -0.1) is 0 Å². The number of ether oxygens (including phenoxy) is 1. The number of carbonyl (C=O) groups is 2. The second-order valence-corrected chi connectivity index (χ2v) is 7.82. The van der Waals surface area contributed by atoms with Gasteiger partial charge in [-0.25, -0.2) is 4.79 Å². The van der Waals surface area contributed by atoms with Crippen LogP contribution in [0.4, 0.5) is 4.79 Å². The number of hydrogen-bond acceptors (Lipinski definition) is 5. The third-order valence-corrected chi connectivity index (χ3v) is 4.27. The maximum absolute atomic E-state index is 12.4. The van der Waals surface area contributed by atoms with Crippen LogP contribution < -0.4 is 10.6 Å². The number of likely N-dealkylation sites (tertiary alicyclic amines) is 1. The highest BCUT2D eigenvalue weighted by molar-refractivity contribution is 5.85. The Balaban J connectivity index is 1.90. The molecule has 2 rings (SSSR count). The predicted octanol–water partition coefficient (Wildman–Crippen LogP) is 2.75. The third kappa shape index (κ3) is 6.05. The molecule has 2 N–H and O–H groups in total. The van der Waals surface area contributed by atoms with Gasteiger partial charge in [-0.2, -0.15) is 0 Å². The second kappa shape index (κ2) is 8.58. The Morgan fingerprint density at radius 1 is 1.27 bits per heavy atom. The van der Waals surface area contributed by atoms with Gasteiger partial charge >= 0.3 is 6.09 Å². The molecule has 0 aromatic carbocycles. The summed E-state index contributed by atoms with van der Waals surface area (Å²) < 4.78 is 11.0. The van der Waals surface area contributed by atoms with E-state index in [1.165, 1.54) is 0 Å². The van der Waals surface area contributed by atoms with Crippen LogP contribution in [0.25, 0.3) is 0 Å². The van der Waals surface area contributed by atoms with Gasteiger partial charge in [0.2, 0.25) is 5.91 Å². The lowest BCUT2D eigenvalue weighted by molar-refractivity contribution is -0.123. The van der Waals surface area contributed by atoms with E-state index in [1.807, 2.05) is 19.1 Å². The van der Waals surface area contributed by atoms with E-state index >= 15 is 0 Å². The van der Waals surface area contributed by atoms with E-state index in [1.54, 1.807) is 27.7 Å². The van der Waals surface area contributed by atoms with E-state index in [0.29, 0.717) is 6.54 Å². The van der Waals surface area contributed by atoms with Crippen molar-refractivity contribution in [2.75, 3.05) is 19.6 Å². The van der Waals surface area contributed by atoms with Crippen LogP contribution in [-0.4, -0.2) is 48.2 Å². The molecule has 7 nitrogen and oxygen atoms in total. The molecular weight excluding hydrogens is 334 g/mol. The van der Waals surface area contributed by atoms with Crippen LogP contribution in [0.3, 0.4) is 0 Å². The lowest BCUT2D eigenvalue weighted by Crippen LogP contribution is -2.48. The summed E-state index contributed by atoms with van der Waals surface area (Å²) in [4.78, 5) is 26.5. The molecule has 2 amide bonds. The van der Waals surface area contributed by atoms with Gasteiger partial charge in [0.05, 0.1) is 6.04 Å². The Hall–Kier alpha value is -2.02. The molecule has 2 heterocycles. The van der Waals surface area contributed by atoms with E-state index in [4.69, 9.17) is 9.15 Å². The van der Waals surface area contributed by atoms with Gasteiger partial charge in [-0.1, -0.05) is 0 Å². The lowest BCUT2D eigenvalue weighted by atomic mass is 10.2. The number of amides is 2. The molecule has 1 fully saturated rings. The maximum atomic E-state index is 12.4. The quantitative estimate of drug-likeness (QED) is 0.810. The Morgan fingerprint density at radius 3 is 2.46 bits per heavy atom. The minimum atomic E-state index is -0.678. The summed E-state index contributed by atoms with van der Waals surface area (Å²) in [5.41, 5.74) is -0.599. The molecule has 1 aromatic heterocycles. The Kier molecular flexibility index (Phi) is 6.69. The van der Waals surface area contributed by atoms with Crippen molar-refractivity contribution in [1.29, 1.82) is 0 Å². The van der Waals surface area contributed by atoms with Gasteiger partial charge in [0.1, 0.15) is 23.2 Å². The molecule has 146 valence electrons. The van der Waals surface area contributed by atoms with Crippen LogP contribution in [-0.2, 0) is 9.53 Å². The molecule has 0 saturated carbocycles. The summed E-state index contributed by atoms with van der Waals surface area (Å²) in [5, 5.41) is 5.49. The molecule has 0 bridgehead atoms. The van der Waals surface area contributed by atoms with Crippen molar-refractivity contribution < 1.29 is 18.7 Å². The van der Waals surface area contributed by atoms with E-state index in [9.17, 15) is 9.59 Å². The molecule has 1 aliphatic heterocycles. The second-order valence-electron chi connectivity index (χ2n) is 7.82. The average Bonchev–Trinajstić information content (AvgIpc) is 3.17. The highest BCUT2D eigenvalue weighted by atomic mass is 16.6. The molecule has 0 radical (unpaired) electrons. The van der Waals surface area contributed by atoms with Crippen molar-refractivity contribution in [2.24, 2.45) is 0 Å².